The lowest BCUT2D eigenvalue weighted by molar-refractivity contribution is -0.112. The van der Waals surface area contributed by atoms with E-state index in [1.165, 1.54) is 17.4 Å². The highest BCUT2D eigenvalue weighted by Crippen LogP contribution is 2.27. The molecule has 0 atom stereocenters. The zero-order valence-electron chi connectivity index (χ0n) is 16.1. The van der Waals surface area contributed by atoms with Gasteiger partial charge in [0.05, 0.1) is 5.02 Å². The summed E-state index contributed by atoms with van der Waals surface area (Å²) in [4.78, 5) is 16.2. The number of nitrogens with one attached hydrogen (secondary N) is 1. The number of aryl methyl sites for hydroxylation is 1. The van der Waals surface area contributed by atoms with Gasteiger partial charge in [0.15, 0.2) is 5.13 Å². The molecule has 0 aliphatic heterocycles. The van der Waals surface area contributed by atoms with Crippen LogP contribution in [0.4, 0.5) is 5.13 Å². The number of amides is 1. The highest BCUT2D eigenvalue weighted by molar-refractivity contribution is 7.13. The van der Waals surface area contributed by atoms with Gasteiger partial charge < -0.3 is 9.47 Å². The molecule has 0 saturated heterocycles. The number of halogens is 1. The minimum Gasteiger partial charge on any atom is -0.490 e. The first-order valence-electron chi connectivity index (χ1n) is 9.00. The first-order chi connectivity index (χ1) is 14.6. The van der Waals surface area contributed by atoms with Gasteiger partial charge in [0, 0.05) is 11.6 Å². The number of para-hydroxylation sites is 1. The van der Waals surface area contributed by atoms with Gasteiger partial charge in [-0.05, 0) is 42.3 Å². The molecule has 0 aliphatic rings. The van der Waals surface area contributed by atoms with E-state index in [-0.39, 0.29) is 5.57 Å². The van der Waals surface area contributed by atoms with Crippen molar-refractivity contribution < 1.29 is 14.3 Å². The molecule has 1 N–H and O–H groups in total. The van der Waals surface area contributed by atoms with Crippen LogP contribution in [0.1, 0.15) is 11.1 Å². The van der Waals surface area contributed by atoms with E-state index >= 15 is 0 Å². The lowest BCUT2D eigenvalue weighted by atomic mass is 10.1. The molecular formula is C22H18ClN3O3S. The summed E-state index contributed by atoms with van der Waals surface area (Å²) in [6.45, 7) is 2.67. The van der Waals surface area contributed by atoms with Crippen LogP contribution in [0.25, 0.3) is 6.08 Å². The Labute approximate surface area is 183 Å². The zero-order chi connectivity index (χ0) is 21.3. The number of thiazole rings is 1. The number of aromatic nitrogens is 1. The molecule has 0 spiro atoms. The second-order valence-electron chi connectivity index (χ2n) is 6.11. The molecule has 1 aromatic heterocycles. The highest BCUT2D eigenvalue weighted by Gasteiger charge is 2.11. The Morgan fingerprint density at radius 3 is 2.67 bits per heavy atom. The normalized spacial score (nSPS) is 10.9. The zero-order valence-corrected chi connectivity index (χ0v) is 17.7. The summed E-state index contributed by atoms with van der Waals surface area (Å²) >= 11 is 7.56. The Bertz CT molecular complexity index is 1090. The number of hydrogen-bond donors (Lipinski definition) is 1. The molecule has 0 unspecified atom stereocenters. The van der Waals surface area contributed by atoms with Crippen LogP contribution in [0.2, 0.25) is 5.02 Å². The SMILES string of the molecule is Cc1ccccc1OCCOc1ccc(/C=C(/C#N)C(=O)Nc2nccs2)cc1Cl. The van der Waals surface area contributed by atoms with Crippen molar-refractivity contribution in [3.63, 3.8) is 0 Å². The topological polar surface area (TPSA) is 84.2 Å². The van der Waals surface area contributed by atoms with Gasteiger partial charge in [0.25, 0.3) is 5.91 Å². The van der Waals surface area contributed by atoms with Gasteiger partial charge in [0.1, 0.15) is 36.4 Å². The molecule has 0 bridgehead atoms. The molecule has 30 heavy (non-hydrogen) atoms. The van der Waals surface area contributed by atoms with Gasteiger partial charge in [-0.15, -0.1) is 11.3 Å². The van der Waals surface area contributed by atoms with Crippen LogP contribution >= 0.6 is 22.9 Å². The maximum atomic E-state index is 12.2. The summed E-state index contributed by atoms with van der Waals surface area (Å²) in [5.74, 6) is 0.776. The second-order valence-corrected chi connectivity index (χ2v) is 7.42. The third kappa shape index (κ3) is 5.83. The van der Waals surface area contributed by atoms with E-state index in [1.807, 2.05) is 37.3 Å². The molecule has 2 aromatic carbocycles. The number of rotatable bonds is 8. The fourth-order valence-corrected chi connectivity index (χ4v) is 3.28. The summed E-state index contributed by atoms with van der Waals surface area (Å²) in [5.41, 5.74) is 1.61. The minimum absolute atomic E-state index is 0.0541. The molecule has 0 saturated carbocycles. The Morgan fingerprint density at radius 2 is 2.00 bits per heavy atom. The van der Waals surface area contributed by atoms with Crippen molar-refractivity contribution in [1.29, 1.82) is 5.26 Å². The van der Waals surface area contributed by atoms with Crippen LogP contribution in [0.3, 0.4) is 0 Å². The fourth-order valence-electron chi connectivity index (χ4n) is 2.51. The Hall–Kier alpha value is -3.34. The van der Waals surface area contributed by atoms with Crippen molar-refractivity contribution in [2.24, 2.45) is 0 Å². The first kappa shape index (κ1) is 21.4. The molecule has 0 aliphatic carbocycles. The molecule has 152 valence electrons. The fraction of sp³-hybridized carbons (Fsp3) is 0.136. The van der Waals surface area contributed by atoms with E-state index in [0.29, 0.717) is 34.7 Å². The van der Waals surface area contributed by atoms with Gasteiger partial charge in [0.2, 0.25) is 0 Å². The lowest BCUT2D eigenvalue weighted by Crippen LogP contribution is -2.13. The number of ether oxygens (including phenoxy) is 2. The van der Waals surface area contributed by atoms with Crippen LogP contribution in [-0.4, -0.2) is 24.1 Å². The van der Waals surface area contributed by atoms with Crippen molar-refractivity contribution in [2.45, 2.75) is 6.92 Å². The average molecular weight is 440 g/mol. The third-order valence-corrected chi connectivity index (χ3v) is 4.96. The maximum absolute atomic E-state index is 12.2. The van der Waals surface area contributed by atoms with Gasteiger partial charge in [-0.3, -0.25) is 10.1 Å². The Balaban J connectivity index is 1.58. The Kier molecular flexibility index (Phi) is 7.44. The second kappa shape index (κ2) is 10.4. The van der Waals surface area contributed by atoms with Crippen LogP contribution in [-0.2, 0) is 4.79 Å². The number of hydrogen-bond acceptors (Lipinski definition) is 6. The number of carbonyl (C=O) groups excluding carboxylic acids is 1. The minimum atomic E-state index is -0.530. The van der Waals surface area contributed by atoms with Crippen LogP contribution < -0.4 is 14.8 Å². The molecule has 3 aromatic rings. The number of benzene rings is 2. The van der Waals surface area contributed by atoms with Crippen molar-refractivity contribution in [3.05, 3.63) is 75.8 Å². The first-order valence-corrected chi connectivity index (χ1v) is 10.3. The van der Waals surface area contributed by atoms with E-state index in [0.717, 1.165) is 11.3 Å². The predicted octanol–water partition coefficient (Wildman–Crippen LogP) is 5.11. The maximum Gasteiger partial charge on any atom is 0.268 e. The van der Waals surface area contributed by atoms with Crippen LogP contribution in [0.5, 0.6) is 11.5 Å². The molecule has 0 radical (unpaired) electrons. The van der Waals surface area contributed by atoms with E-state index in [9.17, 15) is 10.1 Å². The summed E-state index contributed by atoms with van der Waals surface area (Å²) < 4.78 is 11.4. The summed E-state index contributed by atoms with van der Waals surface area (Å²) in [6.07, 6.45) is 3.03. The van der Waals surface area contributed by atoms with Crippen LogP contribution in [0.15, 0.2) is 59.6 Å². The van der Waals surface area contributed by atoms with Gasteiger partial charge >= 0.3 is 0 Å². The Morgan fingerprint density at radius 1 is 1.23 bits per heavy atom. The van der Waals surface area contributed by atoms with Gasteiger partial charge in [-0.1, -0.05) is 35.9 Å². The number of nitriles is 1. The molecular weight excluding hydrogens is 422 g/mol. The summed E-state index contributed by atoms with van der Waals surface area (Å²) in [6, 6.07) is 14.7. The molecule has 8 heteroatoms. The van der Waals surface area contributed by atoms with E-state index in [4.69, 9.17) is 21.1 Å². The molecule has 1 heterocycles. The smallest absolute Gasteiger partial charge is 0.268 e. The van der Waals surface area contributed by atoms with Gasteiger partial charge in [-0.2, -0.15) is 5.26 Å². The molecule has 3 rings (SSSR count). The third-order valence-electron chi connectivity index (χ3n) is 3.98. The number of carbonyl (C=O) groups is 1. The largest absolute Gasteiger partial charge is 0.490 e. The van der Waals surface area contributed by atoms with E-state index < -0.39 is 5.91 Å². The van der Waals surface area contributed by atoms with Crippen molar-refractivity contribution in [1.82, 2.24) is 4.98 Å². The predicted molar refractivity (Wildman–Crippen MR) is 118 cm³/mol. The highest BCUT2D eigenvalue weighted by atomic mass is 35.5. The summed E-state index contributed by atoms with van der Waals surface area (Å²) in [7, 11) is 0. The van der Waals surface area contributed by atoms with E-state index in [1.54, 1.807) is 29.8 Å². The average Bonchev–Trinajstić information content (AvgIpc) is 3.24. The lowest BCUT2D eigenvalue weighted by Gasteiger charge is -2.11. The van der Waals surface area contributed by atoms with Crippen LogP contribution in [0, 0.1) is 18.3 Å². The molecule has 0 fully saturated rings. The monoisotopic (exact) mass is 439 g/mol. The number of anilines is 1. The molecule has 6 nitrogen and oxygen atoms in total. The van der Waals surface area contributed by atoms with Crippen molar-refractivity contribution >= 4 is 40.1 Å². The number of nitrogens with zero attached hydrogens (tertiary/aromatic N) is 2. The quantitative estimate of drug-likeness (QED) is 0.299. The van der Waals surface area contributed by atoms with Crippen molar-refractivity contribution in [2.75, 3.05) is 18.5 Å². The van der Waals surface area contributed by atoms with Gasteiger partial charge in [-0.25, -0.2) is 4.98 Å². The van der Waals surface area contributed by atoms with E-state index in [2.05, 4.69) is 10.3 Å². The summed E-state index contributed by atoms with van der Waals surface area (Å²) in [5, 5.41) is 14.4. The standard InChI is InChI=1S/C22H18ClN3O3S/c1-15-4-2-3-5-19(15)28-9-10-29-20-7-6-16(13-18(20)23)12-17(14-24)21(27)26-22-25-8-11-30-22/h2-8,11-13H,9-10H2,1H3,(H,25,26,27)/b17-12-. The van der Waals surface area contributed by atoms with Crippen molar-refractivity contribution in [3.8, 4) is 17.6 Å². The molecule has 1 amide bonds.